The Morgan fingerprint density at radius 1 is 1.38 bits per heavy atom. The van der Waals surface area contributed by atoms with Gasteiger partial charge in [0.25, 0.3) is 0 Å². The Morgan fingerprint density at radius 3 is 2.52 bits per heavy atom. The van der Waals surface area contributed by atoms with Crippen LogP contribution in [0.2, 0.25) is 0 Å². The number of aliphatic hydroxyl groups excluding tert-OH is 1. The van der Waals surface area contributed by atoms with Crippen LogP contribution in [0.4, 0.5) is 0 Å². The highest BCUT2D eigenvalue weighted by Gasteiger charge is 2.24. The van der Waals surface area contributed by atoms with Crippen LogP contribution in [-0.2, 0) is 10.0 Å². The molecule has 0 heterocycles. The lowest BCUT2D eigenvalue weighted by Crippen LogP contribution is -2.34. The zero-order valence-electron chi connectivity index (χ0n) is 12.4. The van der Waals surface area contributed by atoms with Crippen LogP contribution in [0, 0.1) is 6.92 Å². The Balaban J connectivity index is 3.15. The fourth-order valence-corrected chi connectivity index (χ4v) is 3.80. The van der Waals surface area contributed by atoms with Crippen molar-refractivity contribution < 1.29 is 13.5 Å². The molecule has 0 aliphatic heterocycles. The van der Waals surface area contributed by atoms with E-state index in [-0.39, 0.29) is 23.0 Å². The first kappa shape index (κ1) is 18.0. The third-order valence-electron chi connectivity index (χ3n) is 3.21. The first-order valence-corrected chi connectivity index (χ1v) is 8.70. The van der Waals surface area contributed by atoms with Crippen LogP contribution in [0.15, 0.2) is 23.1 Å². The fourth-order valence-electron chi connectivity index (χ4n) is 2.02. The molecule has 0 spiro atoms. The van der Waals surface area contributed by atoms with Crippen molar-refractivity contribution in [1.29, 1.82) is 0 Å². The molecule has 0 amide bonds. The summed E-state index contributed by atoms with van der Waals surface area (Å²) in [5, 5.41) is 9.08. The number of nitrogens with zero attached hydrogens (tertiary/aromatic N) is 1. The summed E-state index contributed by atoms with van der Waals surface area (Å²) < 4.78 is 26.5. The van der Waals surface area contributed by atoms with Crippen LogP contribution in [0.25, 0.3) is 0 Å². The lowest BCUT2D eigenvalue weighted by molar-refractivity contribution is 0.252. The van der Waals surface area contributed by atoms with Gasteiger partial charge in [0, 0.05) is 18.7 Å². The molecule has 0 unspecified atom stereocenters. The molecule has 5 nitrogen and oxygen atoms in total. The topological polar surface area (TPSA) is 83.6 Å². The number of thiocarbonyl (C=S) groups is 1. The number of benzene rings is 1. The summed E-state index contributed by atoms with van der Waals surface area (Å²) in [4.78, 5) is 0.444. The molecule has 1 rings (SSSR count). The van der Waals surface area contributed by atoms with Crippen LogP contribution in [-0.4, -0.2) is 42.5 Å². The number of nitrogens with two attached hydrogens (primary N) is 1. The first-order valence-electron chi connectivity index (χ1n) is 6.86. The standard InChI is InChI=1S/C14H22N2O3S2/c1-3-4-7-16(8-9-17)21(18,19)12-5-6-13(14(15)20)11(2)10-12/h5-6,10,17H,3-4,7-9H2,1-2H3,(H2,15,20). The maximum absolute atomic E-state index is 12.6. The highest BCUT2D eigenvalue weighted by molar-refractivity contribution is 7.89. The predicted octanol–water partition coefficient (Wildman–Crippen LogP) is 1.41. The Hall–Kier alpha value is -1.02. The largest absolute Gasteiger partial charge is 0.395 e. The van der Waals surface area contributed by atoms with E-state index >= 15 is 0 Å². The van der Waals surface area contributed by atoms with Crippen LogP contribution in [0.3, 0.4) is 0 Å². The molecule has 0 radical (unpaired) electrons. The summed E-state index contributed by atoms with van der Waals surface area (Å²) in [5.74, 6) is 0. The Morgan fingerprint density at radius 2 is 2.05 bits per heavy atom. The van der Waals surface area contributed by atoms with Crippen molar-refractivity contribution in [3.05, 3.63) is 29.3 Å². The van der Waals surface area contributed by atoms with E-state index in [1.807, 2.05) is 6.92 Å². The highest BCUT2D eigenvalue weighted by atomic mass is 32.2. The van der Waals surface area contributed by atoms with Gasteiger partial charge in [0.2, 0.25) is 10.0 Å². The minimum absolute atomic E-state index is 0.0957. The molecular weight excluding hydrogens is 308 g/mol. The Labute approximate surface area is 131 Å². The first-order chi connectivity index (χ1) is 9.84. The molecule has 0 aromatic heterocycles. The van der Waals surface area contributed by atoms with Crippen LogP contribution in [0.5, 0.6) is 0 Å². The van der Waals surface area contributed by atoms with Gasteiger partial charge >= 0.3 is 0 Å². The van der Waals surface area contributed by atoms with E-state index in [2.05, 4.69) is 0 Å². The number of hydrogen-bond acceptors (Lipinski definition) is 4. The molecule has 0 bridgehead atoms. The summed E-state index contributed by atoms with van der Waals surface area (Å²) >= 11 is 4.92. The average molecular weight is 330 g/mol. The zero-order chi connectivity index (χ0) is 16.0. The Bertz CT molecular complexity index is 600. The van der Waals surface area contributed by atoms with Gasteiger partial charge in [-0.1, -0.05) is 31.6 Å². The number of unbranched alkanes of at least 4 members (excludes halogenated alkanes) is 1. The molecular formula is C14H22N2O3S2. The van der Waals surface area contributed by atoms with Crippen LogP contribution >= 0.6 is 12.2 Å². The molecule has 118 valence electrons. The SMILES string of the molecule is CCCCN(CCO)S(=O)(=O)c1ccc(C(N)=S)c(C)c1. The van der Waals surface area contributed by atoms with Gasteiger partial charge in [-0.15, -0.1) is 0 Å². The van der Waals surface area contributed by atoms with Crippen molar-refractivity contribution in [3.63, 3.8) is 0 Å². The molecule has 0 aliphatic rings. The number of sulfonamides is 1. The van der Waals surface area contributed by atoms with Gasteiger partial charge in [0.15, 0.2) is 0 Å². The van der Waals surface area contributed by atoms with E-state index in [1.54, 1.807) is 19.1 Å². The summed E-state index contributed by atoms with van der Waals surface area (Å²) in [6.07, 6.45) is 1.64. The molecule has 0 atom stereocenters. The summed E-state index contributed by atoms with van der Waals surface area (Å²) in [7, 11) is -3.61. The summed E-state index contributed by atoms with van der Waals surface area (Å²) in [6, 6.07) is 4.70. The molecule has 0 saturated carbocycles. The maximum atomic E-state index is 12.6. The normalized spacial score (nSPS) is 11.8. The summed E-state index contributed by atoms with van der Waals surface area (Å²) in [6.45, 7) is 4.06. The Kier molecular flexibility index (Phi) is 6.73. The van der Waals surface area contributed by atoms with E-state index in [0.29, 0.717) is 12.1 Å². The van der Waals surface area contributed by atoms with Crippen LogP contribution in [0.1, 0.15) is 30.9 Å². The molecule has 3 N–H and O–H groups in total. The maximum Gasteiger partial charge on any atom is 0.243 e. The zero-order valence-corrected chi connectivity index (χ0v) is 14.0. The second-order valence-electron chi connectivity index (χ2n) is 4.82. The van der Waals surface area contributed by atoms with Crippen molar-refractivity contribution in [2.75, 3.05) is 19.7 Å². The van der Waals surface area contributed by atoms with Crippen molar-refractivity contribution in [2.24, 2.45) is 5.73 Å². The molecule has 1 aromatic carbocycles. The minimum Gasteiger partial charge on any atom is -0.395 e. The molecule has 21 heavy (non-hydrogen) atoms. The van der Waals surface area contributed by atoms with Gasteiger partial charge in [0.1, 0.15) is 4.99 Å². The molecule has 7 heteroatoms. The van der Waals surface area contributed by atoms with Crippen molar-refractivity contribution in [1.82, 2.24) is 4.31 Å². The molecule has 0 saturated heterocycles. The quantitative estimate of drug-likeness (QED) is 0.704. The van der Waals surface area contributed by atoms with E-state index in [4.69, 9.17) is 23.1 Å². The smallest absolute Gasteiger partial charge is 0.243 e. The molecule has 1 aromatic rings. The van der Waals surface area contributed by atoms with Gasteiger partial charge < -0.3 is 10.8 Å². The second kappa shape index (κ2) is 7.84. The van der Waals surface area contributed by atoms with Gasteiger partial charge in [-0.05, 0) is 31.0 Å². The lowest BCUT2D eigenvalue weighted by atomic mass is 10.1. The molecule has 0 aliphatic carbocycles. The second-order valence-corrected chi connectivity index (χ2v) is 7.20. The van der Waals surface area contributed by atoms with E-state index in [0.717, 1.165) is 18.4 Å². The number of hydrogen-bond donors (Lipinski definition) is 2. The van der Waals surface area contributed by atoms with Crippen molar-refractivity contribution >= 4 is 27.2 Å². The van der Waals surface area contributed by atoms with Gasteiger partial charge in [-0.25, -0.2) is 8.42 Å². The predicted molar refractivity (Wildman–Crippen MR) is 87.8 cm³/mol. The lowest BCUT2D eigenvalue weighted by Gasteiger charge is -2.21. The monoisotopic (exact) mass is 330 g/mol. The van der Waals surface area contributed by atoms with E-state index < -0.39 is 10.0 Å². The fraction of sp³-hybridized carbons (Fsp3) is 0.500. The van der Waals surface area contributed by atoms with Crippen molar-refractivity contribution in [2.45, 2.75) is 31.6 Å². The number of aliphatic hydroxyl groups is 1. The van der Waals surface area contributed by atoms with Gasteiger partial charge in [-0.3, -0.25) is 0 Å². The van der Waals surface area contributed by atoms with E-state index in [1.165, 1.54) is 10.4 Å². The highest BCUT2D eigenvalue weighted by Crippen LogP contribution is 2.20. The third-order valence-corrected chi connectivity index (χ3v) is 5.33. The summed E-state index contributed by atoms with van der Waals surface area (Å²) in [5.41, 5.74) is 6.98. The average Bonchev–Trinajstić information content (AvgIpc) is 2.42. The van der Waals surface area contributed by atoms with E-state index in [9.17, 15) is 8.42 Å². The van der Waals surface area contributed by atoms with Crippen LogP contribution < -0.4 is 5.73 Å². The number of rotatable bonds is 8. The minimum atomic E-state index is -3.61. The van der Waals surface area contributed by atoms with Gasteiger partial charge in [0.05, 0.1) is 11.5 Å². The molecule has 0 fully saturated rings. The number of aryl methyl sites for hydroxylation is 1. The third kappa shape index (κ3) is 4.47. The van der Waals surface area contributed by atoms with Crippen molar-refractivity contribution in [3.8, 4) is 0 Å². The van der Waals surface area contributed by atoms with Gasteiger partial charge in [-0.2, -0.15) is 4.31 Å².